The van der Waals surface area contributed by atoms with Crippen molar-refractivity contribution in [2.75, 3.05) is 0 Å². The molecule has 1 amide bonds. The number of nitrogens with two attached hydrogens (primary N) is 1. The third kappa shape index (κ3) is 3.73. The maximum atomic E-state index is 12.1. The van der Waals surface area contributed by atoms with Crippen molar-refractivity contribution in [2.45, 2.75) is 44.9 Å². The van der Waals surface area contributed by atoms with Crippen LogP contribution in [0.15, 0.2) is 35.3 Å². The number of primary amides is 1. The quantitative estimate of drug-likeness (QED) is 0.771. The summed E-state index contributed by atoms with van der Waals surface area (Å²) in [5.74, 6) is 0.479. The third-order valence-corrected chi connectivity index (χ3v) is 4.73. The Morgan fingerprint density at radius 3 is 2.57 bits per heavy atom. The first-order valence-electron chi connectivity index (χ1n) is 8.34. The van der Waals surface area contributed by atoms with Crippen LogP contribution in [-0.4, -0.2) is 15.5 Å². The molecule has 0 saturated heterocycles. The fourth-order valence-corrected chi connectivity index (χ4v) is 3.08. The average Bonchev–Trinajstić information content (AvgIpc) is 2.86. The number of amides is 1. The summed E-state index contributed by atoms with van der Waals surface area (Å²) in [6.45, 7) is 0. The number of nitrogens with zero attached hydrogens (tertiary/aromatic N) is 1. The Balaban J connectivity index is 1.60. The lowest BCUT2D eigenvalue weighted by Crippen LogP contribution is -2.15. The molecule has 1 saturated carbocycles. The molecule has 1 aromatic carbocycles. The number of nitrogens with one attached hydrogen (secondary N) is 1. The van der Waals surface area contributed by atoms with Gasteiger partial charge in [0.05, 0.1) is 5.69 Å². The van der Waals surface area contributed by atoms with Gasteiger partial charge in [-0.25, -0.2) is 4.79 Å². The van der Waals surface area contributed by atoms with Crippen molar-refractivity contribution >= 4 is 5.91 Å². The van der Waals surface area contributed by atoms with Crippen LogP contribution >= 0.6 is 0 Å². The smallest absolute Gasteiger partial charge is 0.330 e. The Bertz CT molecular complexity index is 723. The molecule has 5 heteroatoms. The lowest BCUT2D eigenvalue weighted by molar-refractivity contribution is 0.100. The van der Waals surface area contributed by atoms with E-state index < -0.39 is 5.91 Å². The normalized spacial score (nSPS) is 14.6. The minimum atomic E-state index is -0.467. The van der Waals surface area contributed by atoms with Gasteiger partial charge in [0.1, 0.15) is 0 Å². The van der Waals surface area contributed by atoms with Crippen LogP contribution < -0.4 is 11.4 Å². The van der Waals surface area contributed by atoms with Crippen LogP contribution in [0.1, 0.15) is 54.6 Å². The number of hydrogen-bond acceptors (Lipinski definition) is 2. The summed E-state index contributed by atoms with van der Waals surface area (Å²) in [6, 6.07) is 6.73. The molecule has 122 valence electrons. The van der Waals surface area contributed by atoms with E-state index in [1.807, 2.05) is 6.20 Å². The van der Waals surface area contributed by atoms with E-state index in [2.05, 4.69) is 4.98 Å². The average molecular weight is 313 g/mol. The summed E-state index contributed by atoms with van der Waals surface area (Å²) in [4.78, 5) is 26.1. The monoisotopic (exact) mass is 313 g/mol. The highest BCUT2D eigenvalue weighted by atomic mass is 16.1. The first-order valence-corrected chi connectivity index (χ1v) is 8.34. The van der Waals surface area contributed by atoms with E-state index in [1.165, 1.54) is 32.1 Å². The van der Waals surface area contributed by atoms with Gasteiger partial charge in [-0.3, -0.25) is 9.36 Å². The minimum Gasteiger partial charge on any atom is -0.366 e. The first-order chi connectivity index (χ1) is 11.1. The van der Waals surface area contributed by atoms with E-state index in [1.54, 1.807) is 28.8 Å². The number of aromatic amines is 1. The van der Waals surface area contributed by atoms with Crippen LogP contribution in [0.25, 0.3) is 5.69 Å². The van der Waals surface area contributed by atoms with E-state index in [0.717, 1.165) is 30.1 Å². The second-order valence-electron chi connectivity index (χ2n) is 6.41. The summed E-state index contributed by atoms with van der Waals surface area (Å²) >= 11 is 0. The van der Waals surface area contributed by atoms with Crippen LogP contribution in [0.4, 0.5) is 0 Å². The fraction of sp³-hybridized carbons (Fsp3) is 0.444. The number of carbonyl (C=O) groups excluding carboxylic acids is 1. The summed E-state index contributed by atoms with van der Waals surface area (Å²) < 4.78 is 1.58. The molecule has 1 aromatic heterocycles. The van der Waals surface area contributed by atoms with Crippen LogP contribution in [0.5, 0.6) is 0 Å². The molecule has 0 radical (unpaired) electrons. The highest BCUT2D eigenvalue weighted by molar-refractivity contribution is 5.92. The maximum absolute atomic E-state index is 12.1. The van der Waals surface area contributed by atoms with E-state index >= 15 is 0 Å². The van der Waals surface area contributed by atoms with Crippen molar-refractivity contribution in [1.29, 1.82) is 0 Å². The number of hydrogen-bond donors (Lipinski definition) is 2. The molecule has 3 N–H and O–H groups in total. The molecule has 1 heterocycles. The standard InChI is InChI=1S/C18H23N3O2/c19-17(22)14-8-10-16(11-9-14)21-12-15(20-18(21)23)7-2-1-4-13-5-3-6-13/h8-13H,1-7H2,(H2,19,22)(H,20,23). The number of rotatable bonds is 7. The van der Waals surface area contributed by atoms with Gasteiger partial charge >= 0.3 is 5.69 Å². The molecule has 0 unspecified atom stereocenters. The SMILES string of the molecule is NC(=O)c1ccc(-n2cc(CCCCC3CCC3)[nH]c2=O)cc1. The lowest BCUT2D eigenvalue weighted by Gasteiger charge is -2.24. The predicted octanol–water partition coefficient (Wildman–Crippen LogP) is 2.78. The van der Waals surface area contributed by atoms with Gasteiger partial charge in [-0.05, 0) is 43.0 Å². The van der Waals surface area contributed by atoms with Gasteiger partial charge in [-0.2, -0.15) is 0 Å². The Hall–Kier alpha value is -2.30. The molecule has 1 fully saturated rings. The Labute approximate surface area is 135 Å². The van der Waals surface area contributed by atoms with Crippen molar-refractivity contribution in [3.8, 4) is 5.69 Å². The first kappa shape index (κ1) is 15.6. The largest absolute Gasteiger partial charge is 0.366 e. The van der Waals surface area contributed by atoms with Crippen LogP contribution in [0, 0.1) is 5.92 Å². The Morgan fingerprint density at radius 1 is 1.22 bits per heavy atom. The van der Waals surface area contributed by atoms with Gasteiger partial charge in [0, 0.05) is 17.5 Å². The molecule has 0 atom stereocenters. The van der Waals surface area contributed by atoms with E-state index in [9.17, 15) is 9.59 Å². The zero-order valence-electron chi connectivity index (χ0n) is 13.3. The van der Waals surface area contributed by atoms with Gasteiger partial charge in [0.2, 0.25) is 5.91 Å². The highest BCUT2D eigenvalue weighted by Crippen LogP contribution is 2.30. The lowest BCUT2D eigenvalue weighted by atomic mass is 9.82. The number of benzene rings is 1. The van der Waals surface area contributed by atoms with Gasteiger partial charge in [-0.1, -0.05) is 32.1 Å². The summed E-state index contributed by atoms with van der Waals surface area (Å²) in [5.41, 5.74) is 7.21. The molecule has 0 bridgehead atoms. The highest BCUT2D eigenvalue weighted by Gasteiger charge is 2.16. The van der Waals surface area contributed by atoms with Gasteiger partial charge < -0.3 is 10.7 Å². The molecule has 3 rings (SSSR count). The molecule has 0 aliphatic heterocycles. The second kappa shape index (κ2) is 6.86. The molecule has 1 aliphatic carbocycles. The molecule has 23 heavy (non-hydrogen) atoms. The maximum Gasteiger partial charge on any atom is 0.330 e. The molecule has 0 spiro atoms. The van der Waals surface area contributed by atoms with Crippen molar-refractivity contribution < 1.29 is 4.79 Å². The predicted molar refractivity (Wildman–Crippen MR) is 89.8 cm³/mol. The van der Waals surface area contributed by atoms with Crippen molar-refractivity contribution in [3.05, 3.63) is 52.2 Å². The number of H-pyrrole nitrogens is 1. The summed E-state index contributed by atoms with van der Waals surface area (Å²) in [7, 11) is 0. The molecular formula is C18H23N3O2. The zero-order chi connectivity index (χ0) is 16.2. The van der Waals surface area contributed by atoms with Crippen LogP contribution in [-0.2, 0) is 6.42 Å². The molecule has 5 nitrogen and oxygen atoms in total. The minimum absolute atomic E-state index is 0.147. The number of unbranched alkanes of at least 4 members (excludes halogenated alkanes) is 1. The van der Waals surface area contributed by atoms with Crippen LogP contribution in [0.3, 0.4) is 0 Å². The number of aryl methyl sites for hydroxylation is 1. The summed E-state index contributed by atoms with van der Waals surface area (Å²) in [6.07, 6.45) is 10.6. The van der Waals surface area contributed by atoms with Crippen molar-refractivity contribution in [1.82, 2.24) is 9.55 Å². The molecule has 1 aliphatic rings. The number of aromatic nitrogens is 2. The van der Waals surface area contributed by atoms with Gasteiger partial charge in [-0.15, -0.1) is 0 Å². The van der Waals surface area contributed by atoms with Crippen molar-refractivity contribution in [2.24, 2.45) is 11.7 Å². The summed E-state index contributed by atoms with van der Waals surface area (Å²) in [5, 5.41) is 0. The van der Waals surface area contributed by atoms with E-state index in [-0.39, 0.29) is 5.69 Å². The van der Waals surface area contributed by atoms with Gasteiger partial charge in [0.15, 0.2) is 0 Å². The second-order valence-corrected chi connectivity index (χ2v) is 6.41. The van der Waals surface area contributed by atoms with E-state index in [0.29, 0.717) is 5.56 Å². The van der Waals surface area contributed by atoms with E-state index in [4.69, 9.17) is 5.73 Å². The van der Waals surface area contributed by atoms with Gasteiger partial charge in [0.25, 0.3) is 0 Å². The molecular weight excluding hydrogens is 290 g/mol. The van der Waals surface area contributed by atoms with Crippen molar-refractivity contribution in [3.63, 3.8) is 0 Å². The topological polar surface area (TPSA) is 80.9 Å². The Kier molecular flexibility index (Phi) is 4.65. The van der Waals surface area contributed by atoms with Crippen LogP contribution in [0.2, 0.25) is 0 Å². The number of carbonyl (C=O) groups is 1. The molecule has 2 aromatic rings. The fourth-order valence-electron chi connectivity index (χ4n) is 3.08. The zero-order valence-corrected chi connectivity index (χ0v) is 13.3. The Morgan fingerprint density at radius 2 is 1.96 bits per heavy atom. The number of imidazole rings is 1. The third-order valence-electron chi connectivity index (χ3n) is 4.73.